The molecule has 0 aliphatic carbocycles. The van der Waals surface area contributed by atoms with Crippen molar-refractivity contribution in [2.24, 2.45) is 0 Å². The lowest BCUT2D eigenvalue weighted by molar-refractivity contribution is -0.117. The second kappa shape index (κ2) is 15.6. The fraction of sp³-hybridized carbons (Fsp3) is 0.727. The minimum absolute atomic E-state index is 0.332. The summed E-state index contributed by atoms with van der Waals surface area (Å²) < 4.78 is 0. The van der Waals surface area contributed by atoms with Gasteiger partial charge in [0.2, 0.25) is 0 Å². The second-order valence-electron chi connectivity index (χ2n) is 7.32. The summed E-state index contributed by atoms with van der Waals surface area (Å²) >= 11 is 9.65. The lowest BCUT2D eigenvalue weighted by Gasteiger charge is -2.08. The van der Waals surface area contributed by atoms with Gasteiger partial charge in [0.25, 0.3) is 0 Å². The molecule has 26 heavy (non-hydrogen) atoms. The average Bonchev–Trinajstić information content (AvgIpc) is 2.62. The zero-order valence-electron chi connectivity index (χ0n) is 16.4. The van der Waals surface area contributed by atoms with Crippen molar-refractivity contribution in [3.8, 4) is 0 Å². The number of Topliss-reactive ketones (excluding diaryl/α,β-unsaturated/α-hetero) is 1. The summed E-state index contributed by atoms with van der Waals surface area (Å²) in [7, 11) is 0. The average molecular weight is 445 g/mol. The molecule has 0 amide bonds. The Balaban J connectivity index is 1.90. The Labute approximate surface area is 173 Å². The number of nitrogens with zero attached hydrogens (tertiary/aromatic N) is 1. The van der Waals surface area contributed by atoms with Crippen molar-refractivity contribution in [1.29, 1.82) is 0 Å². The van der Waals surface area contributed by atoms with Crippen LogP contribution in [0.3, 0.4) is 0 Å². The van der Waals surface area contributed by atoms with Gasteiger partial charge in [0.05, 0.1) is 0 Å². The first-order valence-corrected chi connectivity index (χ1v) is 11.8. The van der Waals surface area contributed by atoms with E-state index in [-0.39, 0.29) is 0 Å². The van der Waals surface area contributed by atoms with Crippen LogP contribution in [-0.2, 0) is 16.5 Å². The lowest BCUT2D eigenvalue weighted by atomic mass is 10.0. The molecule has 1 rings (SSSR count). The molecule has 0 fully saturated rings. The van der Waals surface area contributed by atoms with Gasteiger partial charge in [0.1, 0.15) is 10.9 Å². The van der Waals surface area contributed by atoms with E-state index in [0.29, 0.717) is 10.9 Å². The molecule has 0 aliphatic rings. The van der Waals surface area contributed by atoms with Gasteiger partial charge in [-0.3, -0.25) is 0 Å². The maximum atomic E-state index is 10.8. The first-order valence-electron chi connectivity index (χ1n) is 10.3. The number of hydrogen-bond donors (Lipinski definition) is 0. The number of pyridine rings is 1. The molecular weight excluding hydrogens is 410 g/mol. The smallest absolute Gasteiger partial charge is 0.133 e. The molecule has 1 heterocycles. The molecule has 4 heteroatoms. The molecule has 0 spiro atoms. The van der Waals surface area contributed by atoms with Crippen LogP contribution in [0.15, 0.2) is 12.3 Å². The van der Waals surface area contributed by atoms with Gasteiger partial charge in [0.15, 0.2) is 0 Å². The van der Waals surface area contributed by atoms with E-state index in [9.17, 15) is 4.79 Å². The summed E-state index contributed by atoms with van der Waals surface area (Å²) in [6, 6.07) is 2.10. The maximum absolute atomic E-state index is 10.8. The number of ketones is 1. The van der Waals surface area contributed by atoms with Crippen molar-refractivity contribution in [3.05, 3.63) is 28.5 Å². The third-order valence-electron chi connectivity index (χ3n) is 4.96. The van der Waals surface area contributed by atoms with Crippen LogP contribution in [0.2, 0.25) is 5.15 Å². The first-order chi connectivity index (χ1) is 12.6. The van der Waals surface area contributed by atoms with Gasteiger partial charge < -0.3 is 4.79 Å². The summed E-state index contributed by atoms with van der Waals surface area (Å²) in [4.78, 5) is 15.0. The van der Waals surface area contributed by atoms with E-state index >= 15 is 0 Å². The number of rotatable bonds is 16. The van der Waals surface area contributed by atoms with Crippen molar-refractivity contribution in [1.82, 2.24) is 4.98 Å². The van der Waals surface area contributed by atoms with Gasteiger partial charge in [0, 0.05) is 23.5 Å². The first kappa shape index (κ1) is 23.6. The predicted octanol–water partition coefficient (Wildman–Crippen LogP) is 7.83. The van der Waals surface area contributed by atoms with Gasteiger partial charge in [-0.25, -0.2) is 4.98 Å². The van der Waals surface area contributed by atoms with E-state index in [1.54, 1.807) is 6.92 Å². The molecule has 0 atom stereocenters. The molecule has 0 saturated heterocycles. The molecule has 148 valence electrons. The van der Waals surface area contributed by atoms with E-state index in [1.807, 2.05) is 6.20 Å². The number of hydrogen-bond acceptors (Lipinski definition) is 2. The van der Waals surface area contributed by atoms with E-state index in [0.717, 1.165) is 30.2 Å². The number of carbonyl (C=O) groups excluding carboxylic acids is 1. The van der Waals surface area contributed by atoms with Crippen molar-refractivity contribution in [2.75, 3.05) is 0 Å². The molecule has 0 unspecified atom stereocenters. The maximum Gasteiger partial charge on any atom is 0.133 e. The molecule has 0 bridgehead atoms. The minimum Gasteiger partial charge on any atom is -0.300 e. The van der Waals surface area contributed by atoms with Crippen LogP contribution < -0.4 is 0 Å². The Morgan fingerprint density at radius 3 is 1.92 bits per heavy atom. The Morgan fingerprint density at radius 2 is 1.42 bits per heavy atom. The largest absolute Gasteiger partial charge is 0.300 e. The van der Waals surface area contributed by atoms with Crippen molar-refractivity contribution >= 4 is 33.3 Å². The Bertz CT molecular complexity index is 507. The van der Waals surface area contributed by atoms with Crippen molar-refractivity contribution in [3.63, 3.8) is 0 Å². The molecule has 2 nitrogen and oxygen atoms in total. The highest BCUT2D eigenvalue weighted by Gasteiger charge is 2.06. The van der Waals surface area contributed by atoms with Crippen LogP contribution in [0, 0.1) is 0 Å². The van der Waals surface area contributed by atoms with Crippen LogP contribution in [0.25, 0.3) is 0 Å². The molecule has 0 aliphatic heterocycles. The topological polar surface area (TPSA) is 30.0 Å². The van der Waals surface area contributed by atoms with E-state index in [1.165, 1.54) is 76.2 Å². The summed E-state index contributed by atoms with van der Waals surface area (Å²) in [6.45, 7) is 1.69. The highest BCUT2D eigenvalue weighted by molar-refractivity contribution is 9.08. The summed E-state index contributed by atoms with van der Waals surface area (Å²) in [5.41, 5.74) is 2.49. The highest BCUT2D eigenvalue weighted by Crippen LogP contribution is 2.22. The summed E-state index contributed by atoms with van der Waals surface area (Å²) in [6.07, 6.45) is 19.3. The number of unbranched alkanes of at least 4 members (excludes halogenated alkanes) is 11. The van der Waals surface area contributed by atoms with Gasteiger partial charge >= 0.3 is 0 Å². The zero-order valence-corrected chi connectivity index (χ0v) is 18.7. The molecule has 0 N–H and O–H groups in total. The number of carbonyl (C=O) groups is 1. The number of aryl methyl sites for hydroxylation is 1. The van der Waals surface area contributed by atoms with Crippen molar-refractivity contribution in [2.45, 2.75) is 102 Å². The molecule has 0 radical (unpaired) electrons. The Morgan fingerprint density at radius 1 is 0.923 bits per heavy atom. The van der Waals surface area contributed by atoms with Crippen LogP contribution in [0.4, 0.5) is 0 Å². The van der Waals surface area contributed by atoms with Gasteiger partial charge in [-0.05, 0) is 37.8 Å². The summed E-state index contributed by atoms with van der Waals surface area (Å²) in [5.74, 6) is 0.332. The number of alkyl halides is 1. The van der Waals surface area contributed by atoms with Crippen molar-refractivity contribution < 1.29 is 4.79 Å². The zero-order chi connectivity index (χ0) is 19.0. The van der Waals surface area contributed by atoms with E-state index in [4.69, 9.17) is 11.6 Å². The second-order valence-corrected chi connectivity index (χ2v) is 8.24. The third-order valence-corrected chi connectivity index (χ3v) is 5.85. The van der Waals surface area contributed by atoms with Gasteiger partial charge in [-0.1, -0.05) is 91.7 Å². The molecule has 1 aromatic heterocycles. The molecule has 0 saturated carbocycles. The fourth-order valence-electron chi connectivity index (χ4n) is 3.34. The van der Waals surface area contributed by atoms with E-state index in [2.05, 4.69) is 27.0 Å². The fourth-order valence-corrected chi connectivity index (χ4v) is 4.37. The SMILES string of the molecule is CC(=O)CCCCCCCCCCCCCCc1ccnc(Cl)c1CBr. The standard InChI is InChI=1S/C22H35BrClNO/c1-19(26)14-12-10-8-6-4-2-3-5-7-9-11-13-15-20-16-17-25-22(24)21(20)18-23/h16-17H,2-15,18H2,1H3. The molecule has 0 aromatic carbocycles. The predicted molar refractivity (Wildman–Crippen MR) is 116 cm³/mol. The highest BCUT2D eigenvalue weighted by atomic mass is 79.9. The van der Waals surface area contributed by atoms with Crippen LogP contribution >= 0.6 is 27.5 Å². The quantitative estimate of drug-likeness (QED) is 0.148. The molecular formula is C22H35BrClNO. The van der Waals surface area contributed by atoms with Gasteiger partial charge in [-0.2, -0.15) is 0 Å². The number of halogens is 2. The molecule has 1 aromatic rings. The normalized spacial score (nSPS) is 11.0. The summed E-state index contributed by atoms with van der Waals surface area (Å²) in [5, 5.41) is 1.42. The lowest BCUT2D eigenvalue weighted by Crippen LogP contribution is -1.95. The Hall–Kier alpha value is -0.410. The number of aromatic nitrogens is 1. The van der Waals surface area contributed by atoms with Gasteiger partial charge in [-0.15, -0.1) is 0 Å². The van der Waals surface area contributed by atoms with Crippen LogP contribution in [-0.4, -0.2) is 10.8 Å². The van der Waals surface area contributed by atoms with Crippen LogP contribution in [0.1, 0.15) is 102 Å². The van der Waals surface area contributed by atoms with Crippen LogP contribution in [0.5, 0.6) is 0 Å². The third kappa shape index (κ3) is 11.3. The van der Waals surface area contributed by atoms with E-state index < -0.39 is 0 Å². The monoisotopic (exact) mass is 443 g/mol. The minimum atomic E-state index is 0.332. The Kier molecular flexibility index (Phi) is 14.2.